The summed E-state index contributed by atoms with van der Waals surface area (Å²) in [4.78, 5) is 4.18. The lowest BCUT2D eigenvalue weighted by Gasteiger charge is -2.05. The van der Waals surface area contributed by atoms with Crippen molar-refractivity contribution in [1.82, 2.24) is 4.98 Å². The van der Waals surface area contributed by atoms with E-state index in [2.05, 4.69) is 10.3 Å². The van der Waals surface area contributed by atoms with E-state index in [4.69, 9.17) is 9.84 Å². The summed E-state index contributed by atoms with van der Waals surface area (Å²) in [5.41, 5.74) is 1.15. The summed E-state index contributed by atoms with van der Waals surface area (Å²) >= 11 is 0. The highest BCUT2D eigenvalue weighted by Gasteiger charge is 1.92. The Kier molecular flexibility index (Phi) is 16.9. The minimum atomic E-state index is 0.0722. The molecule has 2 N–H and O–H groups in total. The zero-order valence-corrected chi connectivity index (χ0v) is 12.4. The maximum Gasteiger partial charge on any atom is 0.125 e. The first-order valence-corrected chi connectivity index (χ1v) is 6.68. The second-order valence-corrected chi connectivity index (χ2v) is 2.98. The Balaban J connectivity index is 0. The number of aliphatic hydroxyl groups excluding tert-OH is 1. The van der Waals surface area contributed by atoms with E-state index >= 15 is 0 Å². The summed E-state index contributed by atoms with van der Waals surface area (Å²) in [6.07, 6.45) is 1.82. The Bertz CT molecular complexity index is 250. The van der Waals surface area contributed by atoms with Gasteiger partial charge in [0, 0.05) is 12.7 Å². The number of aryl methyl sites for hydroxylation is 1. The van der Waals surface area contributed by atoms with Crippen LogP contribution in [-0.2, 0) is 4.74 Å². The second kappa shape index (κ2) is 15.9. The fraction of sp³-hybridized carbons (Fsp3) is 0.643. The number of aliphatic hydroxyl groups is 1. The van der Waals surface area contributed by atoms with E-state index in [1.54, 1.807) is 0 Å². The van der Waals surface area contributed by atoms with Crippen LogP contribution < -0.4 is 5.32 Å². The van der Waals surface area contributed by atoms with Crippen molar-refractivity contribution in [2.24, 2.45) is 0 Å². The topological polar surface area (TPSA) is 54.4 Å². The fourth-order valence-electron chi connectivity index (χ4n) is 0.990. The Labute approximate surface area is 111 Å². The number of anilines is 1. The maximum atomic E-state index is 8.46. The van der Waals surface area contributed by atoms with Gasteiger partial charge in [-0.3, -0.25) is 0 Å². The van der Waals surface area contributed by atoms with Crippen molar-refractivity contribution in [2.45, 2.75) is 34.6 Å². The molecule has 0 bridgehead atoms. The van der Waals surface area contributed by atoms with E-state index in [1.165, 1.54) is 0 Å². The number of hydrogen-bond acceptors (Lipinski definition) is 4. The van der Waals surface area contributed by atoms with Crippen LogP contribution in [0.1, 0.15) is 33.3 Å². The molecule has 4 heteroatoms. The Hall–Kier alpha value is -1.13. The fourth-order valence-corrected chi connectivity index (χ4v) is 0.990. The van der Waals surface area contributed by atoms with Gasteiger partial charge in [-0.05, 0) is 18.6 Å². The summed E-state index contributed by atoms with van der Waals surface area (Å²) in [6, 6.07) is 3.94. The SMILES string of the molecule is CC.CC.Cc1ccc(NCCOCCO)nc1. The van der Waals surface area contributed by atoms with Crippen LogP contribution in [0.5, 0.6) is 0 Å². The molecule has 4 nitrogen and oxygen atoms in total. The molecule has 1 aromatic heterocycles. The summed E-state index contributed by atoms with van der Waals surface area (Å²) in [5.74, 6) is 0.850. The minimum Gasteiger partial charge on any atom is -0.394 e. The zero-order valence-electron chi connectivity index (χ0n) is 12.4. The van der Waals surface area contributed by atoms with Crippen molar-refractivity contribution < 1.29 is 9.84 Å². The number of aromatic nitrogens is 1. The van der Waals surface area contributed by atoms with Crippen molar-refractivity contribution in [3.05, 3.63) is 23.9 Å². The van der Waals surface area contributed by atoms with Gasteiger partial charge in [0.05, 0.1) is 19.8 Å². The molecule has 0 fully saturated rings. The largest absolute Gasteiger partial charge is 0.394 e. The molecular formula is C14H28N2O2. The number of nitrogens with one attached hydrogen (secondary N) is 1. The third-order valence-corrected chi connectivity index (χ3v) is 1.70. The molecule has 1 aromatic rings. The predicted octanol–water partition coefficient (Wildman–Crippen LogP) is 2.86. The Morgan fingerprint density at radius 3 is 2.33 bits per heavy atom. The van der Waals surface area contributed by atoms with Gasteiger partial charge in [-0.2, -0.15) is 0 Å². The van der Waals surface area contributed by atoms with Crippen LogP contribution in [0.2, 0.25) is 0 Å². The molecule has 106 valence electrons. The van der Waals surface area contributed by atoms with Gasteiger partial charge in [0.1, 0.15) is 5.82 Å². The van der Waals surface area contributed by atoms with Gasteiger partial charge >= 0.3 is 0 Å². The van der Waals surface area contributed by atoms with Crippen molar-refractivity contribution in [1.29, 1.82) is 0 Å². The minimum absolute atomic E-state index is 0.0722. The van der Waals surface area contributed by atoms with E-state index < -0.39 is 0 Å². The highest BCUT2D eigenvalue weighted by Crippen LogP contribution is 2.02. The summed E-state index contributed by atoms with van der Waals surface area (Å²) in [6.45, 7) is 11.7. The van der Waals surface area contributed by atoms with Gasteiger partial charge in [-0.1, -0.05) is 33.8 Å². The monoisotopic (exact) mass is 256 g/mol. The van der Waals surface area contributed by atoms with E-state index in [0.29, 0.717) is 19.8 Å². The van der Waals surface area contributed by atoms with Gasteiger partial charge < -0.3 is 15.2 Å². The highest BCUT2D eigenvalue weighted by molar-refractivity contribution is 5.34. The molecule has 0 aliphatic heterocycles. The van der Waals surface area contributed by atoms with Crippen molar-refractivity contribution in [3.63, 3.8) is 0 Å². The molecule has 0 spiro atoms. The van der Waals surface area contributed by atoms with E-state index in [1.807, 2.05) is 52.9 Å². The molecule has 0 unspecified atom stereocenters. The molecule has 0 radical (unpaired) electrons. The lowest BCUT2D eigenvalue weighted by Crippen LogP contribution is -2.11. The van der Waals surface area contributed by atoms with Crippen LogP contribution in [-0.4, -0.2) is 36.5 Å². The average molecular weight is 256 g/mol. The van der Waals surface area contributed by atoms with Gasteiger partial charge in [0.15, 0.2) is 0 Å². The first-order chi connectivity index (χ1) is 8.83. The van der Waals surface area contributed by atoms with Gasteiger partial charge in [-0.15, -0.1) is 0 Å². The third kappa shape index (κ3) is 11.4. The normalized spacial score (nSPS) is 8.56. The van der Waals surface area contributed by atoms with Gasteiger partial charge in [0.25, 0.3) is 0 Å². The van der Waals surface area contributed by atoms with Crippen molar-refractivity contribution in [2.75, 3.05) is 31.7 Å². The smallest absolute Gasteiger partial charge is 0.125 e. The summed E-state index contributed by atoms with van der Waals surface area (Å²) < 4.78 is 5.09. The lowest BCUT2D eigenvalue weighted by molar-refractivity contribution is 0.0992. The molecule has 1 rings (SSSR count). The summed E-state index contributed by atoms with van der Waals surface area (Å²) in [7, 11) is 0. The number of pyridine rings is 1. The molecule has 0 aliphatic carbocycles. The quantitative estimate of drug-likeness (QED) is 0.768. The third-order valence-electron chi connectivity index (χ3n) is 1.70. The molecule has 1 heterocycles. The second-order valence-electron chi connectivity index (χ2n) is 2.98. The standard InChI is InChI=1S/C10H16N2O2.2C2H6/c1-9-2-3-10(12-8-9)11-4-6-14-7-5-13;2*1-2/h2-3,8,13H,4-7H2,1H3,(H,11,12);2*1-2H3. The molecule has 0 amide bonds. The van der Waals surface area contributed by atoms with Crippen LogP contribution in [0.15, 0.2) is 18.3 Å². The van der Waals surface area contributed by atoms with Crippen LogP contribution in [0.25, 0.3) is 0 Å². The van der Waals surface area contributed by atoms with E-state index in [0.717, 1.165) is 11.4 Å². The zero-order chi connectivity index (χ0) is 14.2. The highest BCUT2D eigenvalue weighted by atomic mass is 16.5. The van der Waals surface area contributed by atoms with Crippen molar-refractivity contribution in [3.8, 4) is 0 Å². The number of rotatable bonds is 6. The Morgan fingerprint density at radius 2 is 1.83 bits per heavy atom. The molecule has 18 heavy (non-hydrogen) atoms. The molecule has 0 saturated carbocycles. The van der Waals surface area contributed by atoms with Crippen LogP contribution in [0, 0.1) is 6.92 Å². The first kappa shape index (κ1) is 19.2. The molecule has 0 saturated heterocycles. The number of hydrogen-bond donors (Lipinski definition) is 2. The van der Waals surface area contributed by atoms with Crippen LogP contribution in [0.3, 0.4) is 0 Å². The van der Waals surface area contributed by atoms with E-state index in [9.17, 15) is 0 Å². The molecular weight excluding hydrogens is 228 g/mol. The molecule has 0 aliphatic rings. The first-order valence-electron chi connectivity index (χ1n) is 6.68. The number of nitrogens with zero attached hydrogens (tertiary/aromatic N) is 1. The van der Waals surface area contributed by atoms with Gasteiger partial charge in [-0.25, -0.2) is 4.98 Å². The van der Waals surface area contributed by atoms with Crippen molar-refractivity contribution >= 4 is 5.82 Å². The average Bonchev–Trinajstić information content (AvgIpc) is 2.45. The predicted molar refractivity (Wildman–Crippen MR) is 78.1 cm³/mol. The van der Waals surface area contributed by atoms with Gasteiger partial charge in [0.2, 0.25) is 0 Å². The van der Waals surface area contributed by atoms with E-state index in [-0.39, 0.29) is 6.61 Å². The Morgan fingerprint density at radius 1 is 1.17 bits per heavy atom. The number of ether oxygens (including phenoxy) is 1. The summed E-state index contributed by atoms with van der Waals surface area (Å²) in [5, 5.41) is 11.6. The van der Waals surface area contributed by atoms with Crippen LogP contribution in [0.4, 0.5) is 5.82 Å². The maximum absolute atomic E-state index is 8.46. The molecule has 0 aromatic carbocycles. The van der Waals surface area contributed by atoms with Crippen LogP contribution >= 0.6 is 0 Å². The molecule has 0 atom stereocenters. The lowest BCUT2D eigenvalue weighted by atomic mass is 10.3.